The summed E-state index contributed by atoms with van der Waals surface area (Å²) < 4.78 is 13.2. The van der Waals surface area contributed by atoms with Gasteiger partial charge in [-0.15, -0.1) is 0 Å². The van der Waals surface area contributed by atoms with Gasteiger partial charge in [-0.05, 0) is 74.9 Å². The Hall–Kier alpha value is -3.09. The molecule has 33 heavy (non-hydrogen) atoms. The van der Waals surface area contributed by atoms with E-state index in [0.717, 1.165) is 30.9 Å². The number of hydrogen-bond donors (Lipinski definition) is 1. The van der Waals surface area contributed by atoms with Gasteiger partial charge in [-0.3, -0.25) is 14.7 Å². The van der Waals surface area contributed by atoms with E-state index < -0.39 is 0 Å². The number of aromatic nitrogens is 1. The summed E-state index contributed by atoms with van der Waals surface area (Å²) in [7, 11) is 1.78. The fourth-order valence-corrected chi connectivity index (χ4v) is 4.52. The van der Waals surface area contributed by atoms with E-state index in [1.807, 2.05) is 19.1 Å². The number of aryl methyl sites for hydroxylation is 1. The van der Waals surface area contributed by atoms with Crippen LogP contribution in [0.4, 0.5) is 10.1 Å². The van der Waals surface area contributed by atoms with Crippen LogP contribution >= 0.6 is 0 Å². The summed E-state index contributed by atoms with van der Waals surface area (Å²) in [5.41, 5.74) is 4.81. The maximum absolute atomic E-state index is 13.2. The maximum atomic E-state index is 13.2. The van der Waals surface area contributed by atoms with Gasteiger partial charge in [0.15, 0.2) is 0 Å². The zero-order valence-corrected chi connectivity index (χ0v) is 19.7. The molecule has 172 valence electrons. The number of nitrogens with one attached hydrogen (secondary N) is 1. The lowest BCUT2D eigenvalue weighted by atomic mass is 10.1. The second kappa shape index (κ2) is 9.81. The highest BCUT2D eigenvalue weighted by Crippen LogP contribution is 2.22. The number of pyridine rings is 1. The minimum absolute atomic E-state index is 0.108. The topological polar surface area (TPSA) is 48.5 Å². The third kappa shape index (κ3) is 5.46. The van der Waals surface area contributed by atoms with Gasteiger partial charge in [-0.2, -0.15) is 0 Å². The maximum Gasteiger partial charge on any atom is 0.259 e. The first-order valence-corrected chi connectivity index (χ1v) is 11.4. The van der Waals surface area contributed by atoms with E-state index in [0.29, 0.717) is 29.0 Å². The number of rotatable bonds is 5. The summed E-state index contributed by atoms with van der Waals surface area (Å²) in [6, 6.07) is 19.0. The average Bonchev–Trinajstić information content (AvgIpc) is 2.78. The minimum atomic E-state index is -0.285. The predicted octanol–water partition coefficient (Wildman–Crippen LogP) is 4.65. The van der Waals surface area contributed by atoms with Gasteiger partial charge >= 0.3 is 0 Å². The van der Waals surface area contributed by atoms with Crippen molar-refractivity contribution in [2.45, 2.75) is 39.4 Å². The molecule has 2 aromatic carbocycles. The molecular formula is C27H31FN4O. The van der Waals surface area contributed by atoms with E-state index in [4.69, 9.17) is 0 Å². The number of nitrogens with zero attached hydrogens (tertiary/aromatic N) is 3. The number of hydrogen-bond acceptors (Lipinski definition) is 4. The van der Waals surface area contributed by atoms with Crippen molar-refractivity contribution in [3.05, 3.63) is 83.3 Å². The van der Waals surface area contributed by atoms with Crippen LogP contribution in [0.15, 0.2) is 60.7 Å². The summed E-state index contributed by atoms with van der Waals surface area (Å²) in [5.74, 6) is -0.393. The molecule has 3 aromatic rings. The van der Waals surface area contributed by atoms with Gasteiger partial charge in [0.05, 0.1) is 17.0 Å². The molecule has 1 N–H and O–H groups in total. The van der Waals surface area contributed by atoms with Gasteiger partial charge in [-0.25, -0.2) is 4.39 Å². The Morgan fingerprint density at radius 3 is 2.27 bits per heavy atom. The Labute approximate surface area is 195 Å². The average molecular weight is 447 g/mol. The molecule has 0 unspecified atom stereocenters. The fourth-order valence-electron chi connectivity index (χ4n) is 4.52. The Balaban J connectivity index is 1.45. The van der Waals surface area contributed by atoms with E-state index in [1.54, 1.807) is 36.2 Å². The highest BCUT2D eigenvalue weighted by Gasteiger charge is 2.21. The van der Waals surface area contributed by atoms with Gasteiger partial charge in [0.1, 0.15) is 5.82 Å². The molecule has 1 saturated heterocycles. The molecule has 0 spiro atoms. The second-order valence-corrected chi connectivity index (χ2v) is 9.03. The van der Waals surface area contributed by atoms with Gasteiger partial charge in [0.25, 0.3) is 5.91 Å². The summed E-state index contributed by atoms with van der Waals surface area (Å²) in [4.78, 5) is 21.9. The first kappa shape index (κ1) is 23.1. The number of benzene rings is 2. The van der Waals surface area contributed by atoms with Crippen LogP contribution in [-0.4, -0.2) is 48.0 Å². The first-order valence-electron chi connectivity index (χ1n) is 11.4. The Kier molecular flexibility index (Phi) is 6.86. The van der Waals surface area contributed by atoms with Crippen molar-refractivity contribution in [1.82, 2.24) is 15.2 Å². The zero-order valence-electron chi connectivity index (χ0n) is 19.7. The van der Waals surface area contributed by atoms with Crippen LogP contribution in [0.25, 0.3) is 11.3 Å². The van der Waals surface area contributed by atoms with Crippen molar-refractivity contribution in [3.8, 4) is 11.3 Å². The molecular weight excluding hydrogens is 415 g/mol. The summed E-state index contributed by atoms with van der Waals surface area (Å²) in [6.45, 7) is 9.23. The third-order valence-corrected chi connectivity index (χ3v) is 6.12. The second-order valence-electron chi connectivity index (χ2n) is 9.03. The third-order valence-electron chi connectivity index (χ3n) is 6.12. The molecule has 6 heteroatoms. The lowest BCUT2D eigenvalue weighted by Crippen LogP contribution is -2.53. The van der Waals surface area contributed by atoms with E-state index in [2.05, 4.69) is 41.2 Å². The monoisotopic (exact) mass is 446 g/mol. The quantitative estimate of drug-likeness (QED) is 0.620. The van der Waals surface area contributed by atoms with Crippen molar-refractivity contribution < 1.29 is 9.18 Å². The Bertz CT molecular complexity index is 1100. The summed E-state index contributed by atoms with van der Waals surface area (Å²) in [5, 5.41) is 3.56. The van der Waals surface area contributed by atoms with E-state index in [1.165, 1.54) is 17.7 Å². The number of carbonyl (C=O) groups excluding carboxylic acids is 1. The standard InChI is InChI=1S/C27H31FN4O/c1-18-15-32(16-19(2)29-18)17-21-5-11-24(12-6-21)31(4)27(33)25-13-14-26(30-20(25)3)22-7-9-23(28)10-8-22/h5-14,18-19,29H,15-17H2,1-4H3/t18-,19+. The van der Waals surface area contributed by atoms with Crippen molar-refractivity contribution in [2.24, 2.45) is 0 Å². The zero-order chi connectivity index (χ0) is 23.5. The fraction of sp³-hybridized carbons (Fsp3) is 0.333. The molecule has 0 bridgehead atoms. The van der Waals surface area contributed by atoms with Crippen molar-refractivity contribution in [1.29, 1.82) is 0 Å². The molecule has 1 aliphatic heterocycles. The molecule has 2 heterocycles. The highest BCUT2D eigenvalue weighted by atomic mass is 19.1. The van der Waals surface area contributed by atoms with Crippen molar-refractivity contribution in [3.63, 3.8) is 0 Å². The van der Waals surface area contributed by atoms with Crippen LogP contribution in [0, 0.1) is 12.7 Å². The summed E-state index contributed by atoms with van der Waals surface area (Å²) in [6.07, 6.45) is 0. The van der Waals surface area contributed by atoms with E-state index in [9.17, 15) is 9.18 Å². The Morgan fingerprint density at radius 2 is 1.67 bits per heavy atom. The molecule has 2 atom stereocenters. The van der Waals surface area contributed by atoms with Crippen LogP contribution in [-0.2, 0) is 6.54 Å². The smallest absolute Gasteiger partial charge is 0.259 e. The number of piperazine rings is 1. The number of halogens is 1. The van der Waals surface area contributed by atoms with Gasteiger partial charge in [0, 0.05) is 50.0 Å². The van der Waals surface area contributed by atoms with Crippen LogP contribution in [0.2, 0.25) is 0 Å². The molecule has 0 saturated carbocycles. The van der Waals surface area contributed by atoms with Gasteiger partial charge in [-0.1, -0.05) is 12.1 Å². The molecule has 1 aliphatic rings. The first-order chi connectivity index (χ1) is 15.8. The molecule has 4 rings (SSSR count). The molecule has 1 aromatic heterocycles. The van der Waals surface area contributed by atoms with E-state index in [-0.39, 0.29) is 11.7 Å². The van der Waals surface area contributed by atoms with Crippen molar-refractivity contribution in [2.75, 3.05) is 25.0 Å². The predicted molar refractivity (Wildman–Crippen MR) is 131 cm³/mol. The largest absolute Gasteiger partial charge is 0.311 e. The van der Waals surface area contributed by atoms with Gasteiger partial charge < -0.3 is 10.2 Å². The minimum Gasteiger partial charge on any atom is -0.311 e. The Morgan fingerprint density at radius 1 is 1.03 bits per heavy atom. The SMILES string of the molecule is Cc1nc(-c2ccc(F)cc2)ccc1C(=O)N(C)c1ccc(CN2C[C@@H](C)N[C@@H](C)C2)cc1. The van der Waals surface area contributed by atoms with E-state index >= 15 is 0 Å². The number of anilines is 1. The highest BCUT2D eigenvalue weighted by molar-refractivity contribution is 6.06. The molecule has 0 aliphatic carbocycles. The number of carbonyl (C=O) groups is 1. The van der Waals surface area contributed by atoms with Crippen LogP contribution in [0.1, 0.15) is 35.5 Å². The summed E-state index contributed by atoms with van der Waals surface area (Å²) >= 11 is 0. The van der Waals surface area contributed by atoms with Crippen LogP contribution in [0.5, 0.6) is 0 Å². The lowest BCUT2D eigenvalue weighted by Gasteiger charge is -2.36. The van der Waals surface area contributed by atoms with Crippen LogP contribution in [0.3, 0.4) is 0 Å². The van der Waals surface area contributed by atoms with Gasteiger partial charge in [0.2, 0.25) is 0 Å². The normalized spacial score (nSPS) is 18.8. The lowest BCUT2D eigenvalue weighted by molar-refractivity contribution is 0.0992. The molecule has 1 fully saturated rings. The molecule has 5 nitrogen and oxygen atoms in total. The molecule has 0 radical (unpaired) electrons. The van der Waals surface area contributed by atoms with Crippen molar-refractivity contribution >= 4 is 11.6 Å². The van der Waals surface area contributed by atoms with Crippen LogP contribution < -0.4 is 10.2 Å². The molecule has 1 amide bonds. The number of amides is 1.